The second kappa shape index (κ2) is 7.58. The van der Waals surface area contributed by atoms with Crippen molar-refractivity contribution >= 4 is 5.69 Å². The molecule has 0 bridgehead atoms. The Hall–Kier alpha value is -2.16. The first-order chi connectivity index (χ1) is 10.2. The Kier molecular flexibility index (Phi) is 5.50. The number of anilines is 1. The van der Waals surface area contributed by atoms with Gasteiger partial charge in [0.2, 0.25) is 0 Å². The summed E-state index contributed by atoms with van der Waals surface area (Å²) < 4.78 is 11.2. The Labute approximate surface area is 126 Å². The summed E-state index contributed by atoms with van der Waals surface area (Å²) in [6.45, 7) is 7.49. The van der Waals surface area contributed by atoms with Crippen LogP contribution in [-0.2, 0) is 6.54 Å². The molecule has 0 saturated heterocycles. The lowest BCUT2D eigenvalue weighted by Gasteiger charge is -2.12. The second-order valence-electron chi connectivity index (χ2n) is 5.13. The van der Waals surface area contributed by atoms with Crippen LogP contribution < -0.4 is 14.8 Å². The minimum Gasteiger partial charge on any atom is -0.494 e. The van der Waals surface area contributed by atoms with Gasteiger partial charge in [-0.2, -0.15) is 0 Å². The largest absolute Gasteiger partial charge is 0.494 e. The molecule has 0 fully saturated rings. The maximum atomic E-state index is 5.70. The predicted molar refractivity (Wildman–Crippen MR) is 87.1 cm³/mol. The molecule has 0 saturated carbocycles. The van der Waals surface area contributed by atoms with Crippen LogP contribution in [0.1, 0.15) is 26.3 Å². The van der Waals surface area contributed by atoms with Gasteiger partial charge in [-0.05, 0) is 50.6 Å². The Balaban J connectivity index is 1.97. The van der Waals surface area contributed by atoms with E-state index in [1.54, 1.807) is 0 Å². The van der Waals surface area contributed by atoms with Crippen LogP contribution in [0.4, 0.5) is 5.69 Å². The van der Waals surface area contributed by atoms with Crippen LogP contribution in [0.2, 0.25) is 0 Å². The van der Waals surface area contributed by atoms with Crippen LogP contribution >= 0.6 is 0 Å². The normalized spacial score (nSPS) is 10.5. The highest BCUT2D eigenvalue weighted by atomic mass is 16.5. The molecule has 112 valence electrons. The molecular formula is C18H23NO2. The van der Waals surface area contributed by atoms with Gasteiger partial charge < -0.3 is 14.8 Å². The van der Waals surface area contributed by atoms with Crippen molar-refractivity contribution in [3.05, 3.63) is 54.1 Å². The monoisotopic (exact) mass is 285 g/mol. The molecule has 0 aliphatic heterocycles. The fraction of sp³-hybridized carbons (Fsp3) is 0.333. The summed E-state index contributed by atoms with van der Waals surface area (Å²) in [5.74, 6) is 1.80. The Morgan fingerprint density at radius 1 is 1.00 bits per heavy atom. The first-order valence-corrected chi connectivity index (χ1v) is 7.39. The summed E-state index contributed by atoms with van der Waals surface area (Å²) in [5, 5.41) is 3.41. The third-order valence-corrected chi connectivity index (χ3v) is 2.91. The molecule has 2 aromatic carbocycles. The van der Waals surface area contributed by atoms with Crippen molar-refractivity contribution in [1.82, 2.24) is 0 Å². The Bertz CT molecular complexity index is 567. The van der Waals surface area contributed by atoms with Crippen molar-refractivity contribution in [2.75, 3.05) is 11.9 Å². The summed E-state index contributed by atoms with van der Waals surface area (Å²) in [6, 6.07) is 16.2. The zero-order valence-electron chi connectivity index (χ0n) is 12.9. The number of ether oxygens (including phenoxy) is 2. The molecule has 0 aliphatic rings. The third-order valence-electron chi connectivity index (χ3n) is 2.91. The van der Waals surface area contributed by atoms with E-state index in [1.165, 1.54) is 5.56 Å². The van der Waals surface area contributed by atoms with Gasteiger partial charge in [-0.15, -0.1) is 0 Å². The Morgan fingerprint density at radius 3 is 2.52 bits per heavy atom. The van der Waals surface area contributed by atoms with Gasteiger partial charge in [0, 0.05) is 18.3 Å². The molecule has 0 aromatic heterocycles. The average molecular weight is 285 g/mol. The molecule has 0 spiro atoms. The molecule has 0 atom stereocenters. The molecule has 2 rings (SSSR count). The van der Waals surface area contributed by atoms with E-state index in [2.05, 4.69) is 17.4 Å². The first kappa shape index (κ1) is 15.2. The molecule has 0 unspecified atom stereocenters. The number of hydrogen-bond donors (Lipinski definition) is 1. The standard InChI is InChI=1S/C18H23NO2/c1-4-20-17-9-5-7-15(11-17)13-19-16-8-6-10-18(12-16)21-14(2)3/h5-12,14,19H,4,13H2,1-3H3. The minimum atomic E-state index is 0.183. The van der Waals surface area contributed by atoms with E-state index < -0.39 is 0 Å². The molecule has 21 heavy (non-hydrogen) atoms. The van der Waals surface area contributed by atoms with Crippen LogP contribution in [0.5, 0.6) is 11.5 Å². The highest BCUT2D eigenvalue weighted by Crippen LogP contribution is 2.20. The van der Waals surface area contributed by atoms with Crippen molar-refractivity contribution in [3.63, 3.8) is 0 Å². The summed E-state index contributed by atoms with van der Waals surface area (Å²) in [7, 11) is 0. The topological polar surface area (TPSA) is 30.5 Å². The van der Waals surface area contributed by atoms with Crippen LogP contribution in [-0.4, -0.2) is 12.7 Å². The van der Waals surface area contributed by atoms with Gasteiger partial charge in [0.05, 0.1) is 12.7 Å². The lowest BCUT2D eigenvalue weighted by molar-refractivity contribution is 0.242. The smallest absolute Gasteiger partial charge is 0.121 e. The average Bonchev–Trinajstić information content (AvgIpc) is 2.46. The predicted octanol–water partition coefficient (Wildman–Crippen LogP) is 4.48. The SMILES string of the molecule is CCOc1cccc(CNc2cccc(OC(C)C)c2)c1. The fourth-order valence-electron chi connectivity index (χ4n) is 2.07. The highest BCUT2D eigenvalue weighted by Gasteiger charge is 2.00. The highest BCUT2D eigenvalue weighted by molar-refractivity contribution is 5.48. The van der Waals surface area contributed by atoms with Gasteiger partial charge in [-0.25, -0.2) is 0 Å². The number of benzene rings is 2. The van der Waals surface area contributed by atoms with Crippen LogP contribution in [0.15, 0.2) is 48.5 Å². The molecule has 1 N–H and O–H groups in total. The number of hydrogen-bond acceptors (Lipinski definition) is 3. The van der Waals surface area contributed by atoms with Gasteiger partial charge in [-0.3, -0.25) is 0 Å². The van der Waals surface area contributed by atoms with Gasteiger partial charge >= 0.3 is 0 Å². The van der Waals surface area contributed by atoms with Crippen molar-refractivity contribution < 1.29 is 9.47 Å². The zero-order chi connectivity index (χ0) is 15.1. The lowest BCUT2D eigenvalue weighted by atomic mass is 10.2. The quantitative estimate of drug-likeness (QED) is 0.813. The van der Waals surface area contributed by atoms with E-state index >= 15 is 0 Å². The second-order valence-corrected chi connectivity index (χ2v) is 5.13. The fourth-order valence-corrected chi connectivity index (χ4v) is 2.07. The van der Waals surface area contributed by atoms with Crippen LogP contribution in [0, 0.1) is 0 Å². The van der Waals surface area contributed by atoms with E-state index in [9.17, 15) is 0 Å². The maximum Gasteiger partial charge on any atom is 0.121 e. The molecular weight excluding hydrogens is 262 g/mol. The van der Waals surface area contributed by atoms with E-state index in [0.29, 0.717) is 6.61 Å². The number of nitrogens with one attached hydrogen (secondary N) is 1. The van der Waals surface area contributed by atoms with E-state index in [-0.39, 0.29) is 6.10 Å². The summed E-state index contributed by atoms with van der Waals surface area (Å²) >= 11 is 0. The Morgan fingerprint density at radius 2 is 1.76 bits per heavy atom. The van der Waals surface area contributed by atoms with E-state index in [4.69, 9.17) is 9.47 Å². The van der Waals surface area contributed by atoms with Crippen molar-refractivity contribution in [2.45, 2.75) is 33.4 Å². The molecule has 3 nitrogen and oxygen atoms in total. The third kappa shape index (κ3) is 5.03. The molecule has 0 aliphatic carbocycles. The summed E-state index contributed by atoms with van der Waals surface area (Å²) in [4.78, 5) is 0. The van der Waals surface area contributed by atoms with Gasteiger partial charge in [0.1, 0.15) is 11.5 Å². The van der Waals surface area contributed by atoms with Gasteiger partial charge in [-0.1, -0.05) is 18.2 Å². The molecule has 2 aromatic rings. The van der Waals surface area contributed by atoms with E-state index in [1.807, 2.05) is 57.2 Å². The molecule has 0 amide bonds. The molecule has 0 radical (unpaired) electrons. The van der Waals surface area contributed by atoms with Gasteiger partial charge in [0.25, 0.3) is 0 Å². The first-order valence-electron chi connectivity index (χ1n) is 7.39. The molecule has 3 heteroatoms. The lowest BCUT2D eigenvalue weighted by Crippen LogP contribution is -2.06. The minimum absolute atomic E-state index is 0.183. The maximum absolute atomic E-state index is 5.70. The van der Waals surface area contributed by atoms with Gasteiger partial charge in [0.15, 0.2) is 0 Å². The summed E-state index contributed by atoms with van der Waals surface area (Å²) in [6.07, 6.45) is 0.183. The zero-order valence-corrected chi connectivity index (χ0v) is 12.9. The summed E-state index contributed by atoms with van der Waals surface area (Å²) in [5.41, 5.74) is 2.24. The number of rotatable bonds is 7. The van der Waals surface area contributed by atoms with E-state index in [0.717, 1.165) is 23.7 Å². The van der Waals surface area contributed by atoms with Crippen molar-refractivity contribution in [2.24, 2.45) is 0 Å². The van der Waals surface area contributed by atoms with Crippen LogP contribution in [0.3, 0.4) is 0 Å². The van der Waals surface area contributed by atoms with Crippen LogP contribution in [0.25, 0.3) is 0 Å². The van der Waals surface area contributed by atoms with Crippen molar-refractivity contribution in [1.29, 1.82) is 0 Å². The molecule has 0 heterocycles. The van der Waals surface area contributed by atoms with Crippen molar-refractivity contribution in [3.8, 4) is 11.5 Å².